The molecule has 4 nitrogen and oxygen atoms in total. The van der Waals surface area contributed by atoms with E-state index in [1.807, 2.05) is 58.0 Å². The van der Waals surface area contributed by atoms with E-state index in [-0.39, 0.29) is 29.7 Å². The van der Waals surface area contributed by atoms with Gasteiger partial charge in [-0.15, -0.1) is 11.8 Å². The molecule has 2 amide bonds. The van der Waals surface area contributed by atoms with E-state index in [1.165, 1.54) is 11.8 Å². The maximum Gasteiger partial charge on any atom is 0.243 e. The topological polar surface area (TPSA) is 49.4 Å². The Morgan fingerprint density at radius 3 is 2.35 bits per heavy atom. The lowest BCUT2D eigenvalue weighted by molar-refractivity contribution is -0.140. The third-order valence-corrected chi connectivity index (χ3v) is 6.15. The highest BCUT2D eigenvalue weighted by molar-refractivity contribution is 7.99. The molecule has 2 rings (SSSR count). The van der Waals surface area contributed by atoms with Gasteiger partial charge in [-0.05, 0) is 50.5 Å². The molecule has 2 aromatic rings. The van der Waals surface area contributed by atoms with Crippen LogP contribution in [0.1, 0.15) is 45.2 Å². The zero-order valence-electron chi connectivity index (χ0n) is 18.5. The first-order valence-corrected chi connectivity index (χ1v) is 12.2. The smallest absolute Gasteiger partial charge is 0.243 e. The van der Waals surface area contributed by atoms with Gasteiger partial charge in [-0.3, -0.25) is 9.59 Å². The molecule has 31 heavy (non-hydrogen) atoms. The first kappa shape index (κ1) is 25.6. The van der Waals surface area contributed by atoms with Crippen LogP contribution in [-0.2, 0) is 21.9 Å². The number of rotatable bonds is 9. The van der Waals surface area contributed by atoms with Crippen LogP contribution < -0.4 is 5.32 Å². The van der Waals surface area contributed by atoms with E-state index in [4.69, 9.17) is 23.2 Å². The molecule has 2 aromatic carbocycles. The molecule has 0 radical (unpaired) electrons. The Kier molecular flexibility index (Phi) is 9.73. The van der Waals surface area contributed by atoms with Crippen molar-refractivity contribution < 1.29 is 9.59 Å². The molecule has 7 heteroatoms. The molecule has 0 aromatic heterocycles. The Balaban J connectivity index is 2.20. The van der Waals surface area contributed by atoms with Crippen LogP contribution in [0.15, 0.2) is 48.5 Å². The minimum atomic E-state index is -0.587. The summed E-state index contributed by atoms with van der Waals surface area (Å²) in [5.41, 5.74) is 1.53. The fraction of sp³-hybridized carbons (Fsp3) is 0.417. The summed E-state index contributed by atoms with van der Waals surface area (Å²) in [6, 6.07) is 14.6. The second kappa shape index (κ2) is 11.8. The summed E-state index contributed by atoms with van der Waals surface area (Å²) in [5, 5.41) is 4.01. The summed E-state index contributed by atoms with van der Waals surface area (Å²) in [7, 11) is 0. The van der Waals surface area contributed by atoms with Gasteiger partial charge in [0, 0.05) is 27.9 Å². The predicted molar refractivity (Wildman–Crippen MR) is 132 cm³/mol. The normalized spacial score (nSPS) is 12.3. The van der Waals surface area contributed by atoms with Crippen molar-refractivity contribution in [3.63, 3.8) is 0 Å². The number of carbonyl (C=O) groups is 2. The molecule has 0 heterocycles. The van der Waals surface area contributed by atoms with Crippen LogP contribution >= 0.6 is 35.0 Å². The monoisotopic (exact) mass is 480 g/mol. The Morgan fingerprint density at radius 1 is 1.10 bits per heavy atom. The first-order chi connectivity index (χ1) is 14.6. The molecule has 1 N–H and O–H groups in total. The Morgan fingerprint density at radius 2 is 1.77 bits per heavy atom. The van der Waals surface area contributed by atoms with Crippen molar-refractivity contribution in [2.45, 2.75) is 58.0 Å². The highest BCUT2D eigenvalue weighted by Gasteiger charge is 2.30. The molecule has 168 valence electrons. The summed E-state index contributed by atoms with van der Waals surface area (Å²) in [6.45, 7) is 7.94. The van der Waals surface area contributed by atoms with E-state index < -0.39 is 6.04 Å². The maximum absolute atomic E-state index is 13.2. The van der Waals surface area contributed by atoms with Gasteiger partial charge in [-0.2, -0.15) is 0 Å². The largest absolute Gasteiger partial charge is 0.350 e. The van der Waals surface area contributed by atoms with Gasteiger partial charge in [0.1, 0.15) is 6.04 Å². The number of thioether (sulfide) groups is 1. The van der Waals surface area contributed by atoms with Crippen LogP contribution in [0.25, 0.3) is 0 Å². The van der Waals surface area contributed by atoms with Crippen LogP contribution in [0.4, 0.5) is 0 Å². The van der Waals surface area contributed by atoms with E-state index in [2.05, 4.69) is 5.32 Å². The molecule has 0 aliphatic heterocycles. The van der Waals surface area contributed by atoms with Crippen LogP contribution in [-0.4, -0.2) is 34.0 Å². The van der Waals surface area contributed by atoms with E-state index in [0.717, 1.165) is 16.9 Å². The predicted octanol–water partition coefficient (Wildman–Crippen LogP) is 5.95. The average molecular weight is 481 g/mol. The van der Waals surface area contributed by atoms with Crippen molar-refractivity contribution in [1.29, 1.82) is 0 Å². The van der Waals surface area contributed by atoms with Gasteiger partial charge in [0.25, 0.3) is 0 Å². The van der Waals surface area contributed by atoms with Crippen LogP contribution in [0, 0.1) is 0 Å². The van der Waals surface area contributed by atoms with Crippen molar-refractivity contribution >= 4 is 46.8 Å². The van der Waals surface area contributed by atoms with Gasteiger partial charge < -0.3 is 10.2 Å². The fourth-order valence-electron chi connectivity index (χ4n) is 3.12. The van der Waals surface area contributed by atoms with Crippen LogP contribution in [0.5, 0.6) is 0 Å². The van der Waals surface area contributed by atoms with Gasteiger partial charge in [-0.25, -0.2) is 0 Å². The number of nitrogens with zero attached hydrogens (tertiary/aromatic N) is 1. The van der Waals surface area contributed by atoms with E-state index in [0.29, 0.717) is 16.5 Å². The molecule has 0 bridgehead atoms. The van der Waals surface area contributed by atoms with E-state index in [1.54, 1.807) is 23.1 Å². The minimum absolute atomic E-state index is 0.0946. The number of amides is 2. The first-order valence-electron chi connectivity index (χ1n) is 10.3. The molecule has 0 saturated carbocycles. The van der Waals surface area contributed by atoms with Crippen molar-refractivity contribution in [2.75, 3.05) is 5.75 Å². The second-order valence-corrected chi connectivity index (χ2v) is 10.2. The summed E-state index contributed by atoms with van der Waals surface area (Å²) >= 11 is 13.9. The zero-order chi connectivity index (χ0) is 23.0. The van der Waals surface area contributed by atoms with E-state index >= 15 is 0 Å². The third kappa shape index (κ3) is 8.40. The fourth-order valence-corrected chi connectivity index (χ4v) is 4.46. The molecule has 0 spiro atoms. The zero-order valence-corrected chi connectivity index (χ0v) is 20.8. The lowest BCUT2D eigenvalue weighted by Crippen LogP contribution is -2.53. The van der Waals surface area contributed by atoms with E-state index in [9.17, 15) is 9.59 Å². The number of hydrogen-bond acceptors (Lipinski definition) is 3. The summed E-state index contributed by atoms with van der Waals surface area (Å²) in [5.74, 6) is 0.747. The van der Waals surface area contributed by atoms with Crippen molar-refractivity contribution in [3.05, 3.63) is 69.7 Å². The highest BCUT2D eigenvalue weighted by atomic mass is 35.5. The molecule has 0 saturated heterocycles. The number of nitrogens with one attached hydrogen (secondary N) is 1. The van der Waals surface area contributed by atoms with Gasteiger partial charge in [-0.1, -0.05) is 66.5 Å². The number of hydrogen-bond donors (Lipinski definition) is 1. The molecule has 1 atom stereocenters. The van der Waals surface area contributed by atoms with Crippen molar-refractivity contribution in [2.24, 2.45) is 0 Å². The summed E-state index contributed by atoms with van der Waals surface area (Å²) in [6.07, 6.45) is 0.502. The second-order valence-electron chi connectivity index (χ2n) is 8.40. The lowest BCUT2D eigenvalue weighted by atomic mass is 10.1. The lowest BCUT2D eigenvalue weighted by Gasteiger charge is -2.33. The maximum atomic E-state index is 13.2. The van der Waals surface area contributed by atoms with Crippen LogP contribution in [0.3, 0.4) is 0 Å². The van der Waals surface area contributed by atoms with Gasteiger partial charge in [0.2, 0.25) is 11.8 Å². The summed E-state index contributed by atoms with van der Waals surface area (Å²) < 4.78 is 0. The molecule has 0 aliphatic rings. The average Bonchev–Trinajstić information content (AvgIpc) is 2.68. The number of benzene rings is 2. The molecule has 1 unspecified atom stereocenters. The van der Waals surface area contributed by atoms with Crippen LogP contribution in [0.2, 0.25) is 10.0 Å². The van der Waals surface area contributed by atoms with Crippen molar-refractivity contribution in [3.8, 4) is 0 Å². The summed E-state index contributed by atoms with van der Waals surface area (Å²) in [4.78, 5) is 27.9. The van der Waals surface area contributed by atoms with Gasteiger partial charge >= 0.3 is 0 Å². The Labute approximate surface area is 199 Å². The molecule has 0 aliphatic carbocycles. The Bertz CT molecular complexity index is 885. The molecular formula is C24H30Cl2N2O2S. The SMILES string of the molecule is CCC(C(=O)NC(C)(C)C)N(Cc1ccc(Cl)cc1Cl)C(=O)CSCc1ccccc1. The number of halogens is 2. The standard InChI is InChI=1S/C24H30Cl2N2O2S/c1-5-21(23(30)27-24(2,3)4)28(14-18-11-12-19(25)13-20(18)26)22(29)16-31-15-17-9-7-6-8-10-17/h6-13,21H,5,14-16H2,1-4H3,(H,27,30). The minimum Gasteiger partial charge on any atom is -0.350 e. The molecular weight excluding hydrogens is 451 g/mol. The van der Waals surface area contributed by atoms with Gasteiger partial charge in [0.05, 0.1) is 5.75 Å². The quantitative estimate of drug-likeness (QED) is 0.482. The van der Waals surface area contributed by atoms with Gasteiger partial charge in [0.15, 0.2) is 0 Å². The third-order valence-electron chi connectivity index (χ3n) is 4.58. The molecule has 0 fully saturated rings. The van der Waals surface area contributed by atoms with Crippen molar-refractivity contribution in [1.82, 2.24) is 10.2 Å². The number of carbonyl (C=O) groups excluding carboxylic acids is 2. The highest BCUT2D eigenvalue weighted by Crippen LogP contribution is 2.24. The Hall–Kier alpha value is -1.69.